The molecule has 19 heavy (non-hydrogen) atoms. The molecule has 1 heterocycles. The van der Waals surface area contributed by atoms with Gasteiger partial charge in [-0.3, -0.25) is 0 Å². The molecule has 3 rings (SSSR count). The van der Waals surface area contributed by atoms with Gasteiger partial charge in [0.05, 0.1) is 0 Å². The van der Waals surface area contributed by atoms with Gasteiger partial charge in [-0.05, 0) is 35.0 Å². The van der Waals surface area contributed by atoms with E-state index in [0.29, 0.717) is 5.02 Å². The lowest BCUT2D eigenvalue weighted by molar-refractivity contribution is 0.222. The highest BCUT2D eigenvalue weighted by atomic mass is 79.9. The van der Waals surface area contributed by atoms with Crippen molar-refractivity contribution < 1.29 is 5.11 Å². The molecule has 0 bridgehead atoms. The third-order valence-electron chi connectivity index (χ3n) is 3.06. The van der Waals surface area contributed by atoms with Crippen LogP contribution in [0.15, 0.2) is 52.3 Å². The van der Waals surface area contributed by atoms with Gasteiger partial charge in [0.1, 0.15) is 6.10 Å². The Balaban J connectivity index is 2.13. The third-order valence-corrected chi connectivity index (χ3v) is 4.88. The van der Waals surface area contributed by atoms with Gasteiger partial charge >= 0.3 is 0 Å². The molecule has 0 aliphatic heterocycles. The Hall–Kier alpha value is -0.870. The largest absolute Gasteiger partial charge is 0.384 e. The molecule has 0 amide bonds. The maximum Gasteiger partial charge on any atom is 0.107 e. The predicted octanol–water partition coefficient (Wildman–Crippen LogP) is 5.40. The first-order chi connectivity index (χ1) is 9.16. The second-order valence-electron chi connectivity index (χ2n) is 4.26. The number of aliphatic hydroxyl groups is 1. The van der Waals surface area contributed by atoms with Crippen LogP contribution in [-0.2, 0) is 0 Å². The van der Waals surface area contributed by atoms with Crippen LogP contribution in [0.1, 0.15) is 17.2 Å². The van der Waals surface area contributed by atoms with Crippen molar-refractivity contribution in [3.8, 4) is 0 Å². The molecule has 0 saturated carbocycles. The number of aliphatic hydroxyl groups excluding tert-OH is 1. The maximum absolute atomic E-state index is 10.6. The zero-order valence-corrected chi connectivity index (χ0v) is 13.0. The SMILES string of the molecule is OC(c1cc(Br)ccc1Cl)c1csc2ccccc12. The molecule has 0 radical (unpaired) electrons. The smallest absolute Gasteiger partial charge is 0.107 e. The topological polar surface area (TPSA) is 20.2 Å². The van der Waals surface area contributed by atoms with E-state index in [1.54, 1.807) is 17.4 Å². The molecule has 2 aromatic carbocycles. The van der Waals surface area contributed by atoms with Crippen molar-refractivity contribution in [2.75, 3.05) is 0 Å². The fraction of sp³-hybridized carbons (Fsp3) is 0.0667. The van der Waals surface area contributed by atoms with Gasteiger partial charge in [0.15, 0.2) is 0 Å². The second kappa shape index (κ2) is 5.25. The number of halogens is 2. The lowest BCUT2D eigenvalue weighted by atomic mass is 10.0. The van der Waals surface area contributed by atoms with Crippen molar-refractivity contribution in [1.82, 2.24) is 0 Å². The molecule has 0 aliphatic rings. The Labute approximate surface area is 128 Å². The van der Waals surface area contributed by atoms with E-state index >= 15 is 0 Å². The van der Waals surface area contributed by atoms with Gasteiger partial charge < -0.3 is 5.11 Å². The van der Waals surface area contributed by atoms with Crippen molar-refractivity contribution in [1.29, 1.82) is 0 Å². The minimum Gasteiger partial charge on any atom is -0.384 e. The van der Waals surface area contributed by atoms with E-state index in [1.165, 1.54) is 4.70 Å². The fourth-order valence-electron chi connectivity index (χ4n) is 2.10. The highest BCUT2D eigenvalue weighted by Crippen LogP contribution is 2.36. The van der Waals surface area contributed by atoms with E-state index in [0.717, 1.165) is 21.0 Å². The molecule has 1 aromatic heterocycles. The van der Waals surface area contributed by atoms with Crippen LogP contribution in [0.3, 0.4) is 0 Å². The first-order valence-electron chi connectivity index (χ1n) is 5.76. The Morgan fingerprint density at radius 2 is 1.89 bits per heavy atom. The van der Waals surface area contributed by atoms with Crippen molar-refractivity contribution in [3.63, 3.8) is 0 Å². The first-order valence-corrected chi connectivity index (χ1v) is 7.81. The lowest BCUT2D eigenvalue weighted by Gasteiger charge is -2.12. The van der Waals surface area contributed by atoms with Crippen molar-refractivity contribution in [3.05, 3.63) is 68.5 Å². The normalized spacial score (nSPS) is 12.8. The van der Waals surface area contributed by atoms with Crippen LogP contribution in [0.2, 0.25) is 5.02 Å². The van der Waals surface area contributed by atoms with Crippen molar-refractivity contribution in [2.45, 2.75) is 6.10 Å². The summed E-state index contributed by atoms with van der Waals surface area (Å²) in [6.07, 6.45) is -0.707. The van der Waals surface area contributed by atoms with E-state index < -0.39 is 6.10 Å². The monoisotopic (exact) mass is 352 g/mol. The standard InChI is InChI=1S/C15H10BrClOS/c16-9-5-6-13(17)11(7-9)15(18)12-8-19-14-4-2-1-3-10(12)14/h1-8,15,18H. The molecular formula is C15H10BrClOS. The number of benzene rings is 2. The lowest BCUT2D eigenvalue weighted by Crippen LogP contribution is -1.99. The second-order valence-corrected chi connectivity index (χ2v) is 6.49. The van der Waals surface area contributed by atoms with E-state index in [9.17, 15) is 5.11 Å². The molecule has 0 spiro atoms. The summed E-state index contributed by atoms with van der Waals surface area (Å²) in [6, 6.07) is 13.6. The van der Waals surface area contributed by atoms with Crippen LogP contribution in [0.25, 0.3) is 10.1 Å². The minimum absolute atomic E-state index is 0.575. The third kappa shape index (κ3) is 2.43. The number of hydrogen-bond donors (Lipinski definition) is 1. The summed E-state index contributed by atoms with van der Waals surface area (Å²) in [5, 5.41) is 14.2. The number of fused-ring (bicyclic) bond motifs is 1. The molecule has 1 nitrogen and oxygen atoms in total. The minimum atomic E-state index is -0.707. The van der Waals surface area contributed by atoms with E-state index in [4.69, 9.17) is 11.6 Å². The molecular weight excluding hydrogens is 344 g/mol. The van der Waals surface area contributed by atoms with E-state index in [-0.39, 0.29) is 0 Å². The Bertz CT molecular complexity index is 738. The first kappa shape index (κ1) is 13.1. The molecule has 0 fully saturated rings. The highest BCUT2D eigenvalue weighted by Gasteiger charge is 2.17. The van der Waals surface area contributed by atoms with Crippen LogP contribution >= 0.6 is 38.9 Å². The molecule has 0 saturated heterocycles. The summed E-state index contributed by atoms with van der Waals surface area (Å²) in [5.41, 5.74) is 1.63. The number of hydrogen-bond acceptors (Lipinski definition) is 2. The van der Waals surface area contributed by atoms with Gasteiger partial charge in [-0.15, -0.1) is 11.3 Å². The van der Waals surface area contributed by atoms with Crippen LogP contribution in [0, 0.1) is 0 Å². The van der Waals surface area contributed by atoms with Gasteiger partial charge in [-0.1, -0.05) is 45.7 Å². The fourth-order valence-corrected chi connectivity index (χ4v) is 3.68. The average molecular weight is 354 g/mol. The van der Waals surface area contributed by atoms with Gasteiger partial charge in [0.2, 0.25) is 0 Å². The van der Waals surface area contributed by atoms with Gasteiger partial charge in [0, 0.05) is 25.3 Å². The summed E-state index contributed by atoms with van der Waals surface area (Å²) >= 11 is 11.2. The summed E-state index contributed by atoms with van der Waals surface area (Å²) in [7, 11) is 0. The molecule has 3 aromatic rings. The zero-order valence-electron chi connectivity index (χ0n) is 9.81. The molecule has 96 valence electrons. The quantitative estimate of drug-likeness (QED) is 0.654. The van der Waals surface area contributed by atoms with Gasteiger partial charge in [-0.25, -0.2) is 0 Å². The number of thiophene rings is 1. The molecule has 0 aliphatic carbocycles. The Morgan fingerprint density at radius 1 is 1.11 bits per heavy atom. The molecule has 1 atom stereocenters. The molecule has 4 heteroatoms. The summed E-state index contributed by atoms with van der Waals surface area (Å²) in [4.78, 5) is 0. The van der Waals surface area contributed by atoms with Crippen LogP contribution in [-0.4, -0.2) is 5.11 Å². The van der Waals surface area contributed by atoms with Crippen LogP contribution in [0.5, 0.6) is 0 Å². The molecule has 1 unspecified atom stereocenters. The van der Waals surface area contributed by atoms with Crippen molar-refractivity contribution >= 4 is 49.0 Å². The van der Waals surface area contributed by atoms with Crippen molar-refractivity contribution in [2.24, 2.45) is 0 Å². The summed E-state index contributed by atoms with van der Waals surface area (Å²) in [5.74, 6) is 0. The average Bonchev–Trinajstić information content (AvgIpc) is 2.84. The van der Waals surface area contributed by atoms with Crippen LogP contribution < -0.4 is 0 Å². The zero-order chi connectivity index (χ0) is 13.4. The summed E-state index contributed by atoms with van der Waals surface area (Å²) in [6.45, 7) is 0. The Kier molecular flexibility index (Phi) is 3.63. The Morgan fingerprint density at radius 3 is 2.74 bits per heavy atom. The highest BCUT2D eigenvalue weighted by molar-refractivity contribution is 9.10. The predicted molar refractivity (Wildman–Crippen MR) is 85.0 cm³/mol. The maximum atomic E-state index is 10.6. The van der Waals surface area contributed by atoms with E-state index in [1.807, 2.05) is 35.7 Å². The molecule has 1 N–H and O–H groups in total. The van der Waals surface area contributed by atoms with Crippen LogP contribution in [0.4, 0.5) is 0 Å². The summed E-state index contributed by atoms with van der Waals surface area (Å²) < 4.78 is 2.08. The number of rotatable bonds is 2. The van der Waals surface area contributed by atoms with Gasteiger partial charge in [0.25, 0.3) is 0 Å². The van der Waals surface area contributed by atoms with Gasteiger partial charge in [-0.2, -0.15) is 0 Å². The van der Waals surface area contributed by atoms with E-state index in [2.05, 4.69) is 22.0 Å².